The topological polar surface area (TPSA) is 33.3 Å². The smallest absolute Gasteiger partial charge is 0.0587 e. The lowest BCUT2D eigenvalue weighted by Gasteiger charge is -2.11. The predicted molar refractivity (Wildman–Crippen MR) is 55.0 cm³/mol. The first-order chi connectivity index (χ1) is 6.43. The molecule has 0 unspecified atom stereocenters. The molecule has 0 heterocycles. The molecule has 0 bridgehead atoms. The van der Waals surface area contributed by atoms with Crippen LogP contribution in [0.4, 0.5) is 0 Å². The van der Waals surface area contributed by atoms with Gasteiger partial charge in [-0.05, 0) is 12.8 Å². The van der Waals surface area contributed by atoms with Gasteiger partial charge in [0.2, 0.25) is 0 Å². The van der Waals surface area contributed by atoms with Crippen LogP contribution in [0.15, 0.2) is 0 Å². The van der Waals surface area contributed by atoms with Gasteiger partial charge in [-0.3, -0.25) is 0 Å². The molecule has 1 rings (SSSR count). The van der Waals surface area contributed by atoms with Gasteiger partial charge in [0.25, 0.3) is 0 Å². The molecule has 1 aliphatic rings. The van der Waals surface area contributed by atoms with E-state index in [2.05, 4.69) is 10.6 Å². The zero-order chi connectivity index (χ0) is 9.36. The van der Waals surface area contributed by atoms with Crippen LogP contribution in [0.25, 0.3) is 0 Å². The highest BCUT2D eigenvalue weighted by atomic mass is 16.5. The number of hydrogen-bond acceptors (Lipinski definition) is 3. The van der Waals surface area contributed by atoms with Crippen LogP contribution >= 0.6 is 0 Å². The molecule has 2 N–H and O–H groups in total. The Morgan fingerprint density at radius 2 is 1.92 bits per heavy atom. The molecule has 3 heteroatoms. The summed E-state index contributed by atoms with van der Waals surface area (Å²) in [6.07, 6.45) is 5.57. The van der Waals surface area contributed by atoms with Crippen LogP contribution in [0.2, 0.25) is 0 Å². The summed E-state index contributed by atoms with van der Waals surface area (Å²) in [5.74, 6) is 0. The van der Waals surface area contributed by atoms with Gasteiger partial charge >= 0.3 is 0 Å². The highest BCUT2D eigenvalue weighted by molar-refractivity contribution is 4.73. The van der Waals surface area contributed by atoms with Crippen LogP contribution in [0.5, 0.6) is 0 Å². The number of ether oxygens (including phenoxy) is 1. The molecular formula is C10H22N2O. The second-order valence-corrected chi connectivity index (χ2v) is 3.68. The first-order valence-corrected chi connectivity index (χ1v) is 5.36. The van der Waals surface area contributed by atoms with Gasteiger partial charge in [0.05, 0.1) is 6.61 Å². The zero-order valence-corrected chi connectivity index (χ0v) is 8.64. The van der Waals surface area contributed by atoms with Crippen molar-refractivity contribution in [2.24, 2.45) is 0 Å². The molecule has 0 aliphatic heterocycles. The van der Waals surface area contributed by atoms with E-state index in [0.29, 0.717) is 0 Å². The van der Waals surface area contributed by atoms with Crippen molar-refractivity contribution in [2.75, 3.05) is 33.4 Å². The Morgan fingerprint density at radius 3 is 2.62 bits per heavy atom. The van der Waals surface area contributed by atoms with E-state index in [4.69, 9.17) is 4.74 Å². The molecule has 1 fully saturated rings. The molecule has 0 aromatic heterocycles. The van der Waals surface area contributed by atoms with Gasteiger partial charge in [-0.1, -0.05) is 12.8 Å². The van der Waals surface area contributed by atoms with Crippen molar-refractivity contribution in [1.82, 2.24) is 10.6 Å². The van der Waals surface area contributed by atoms with Gasteiger partial charge in [0, 0.05) is 32.8 Å². The summed E-state index contributed by atoms with van der Waals surface area (Å²) in [7, 11) is 1.73. The zero-order valence-electron chi connectivity index (χ0n) is 8.64. The van der Waals surface area contributed by atoms with Crippen LogP contribution in [0.1, 0.15) is 25.7 Å². The molecule has 13 heavy (non-hydrogen) atoms. The fourth-order valence-corrected chi connectivity index (χ4v) is 1.79. The third-order valence-corrected chi connectivity index (χ3v) is 2.57. The monoisotopic (exact) mass is 186 g/mol. The predicted octanol–water partition coefficient (Wildman–Crippen LogP) is 0.755. The first kappa shape index (κ1) is 11.0. The molecular weight excluding hydrogens is 164 g/mol. The third kappa shape index (κ3) is 5.24. The van der Waals surface area contributed by atoms with Gasteiger partial charge in [-0.15, -0.1) is 0 Å². The van der Waals surface area contributed by atoms with Crippen molar-refractivity contribution in [3.8, 4) is 0 Å². The van der Waals surface area contributed by atoms with E-state index in [-0.39, 0.29) is 0 Å². The average Bonchev–Trinajstić information content (AvgIpc) is 2.63. The van der Waals surface area contributed by atoms with Gasteiger partial charge in [0.1, 0.15) is 0 Å². The van der Waals surface area contributed by atoms with E-state index in [0.717, 1.165) is 32.3 Å². The molecule has 1 aliphatic carbocycles. The summed E-state index contributed by atoms with van der Waals surface area (Å²) >= 11 is 0. The molecule has 0 saturated heterocycles. The quantitative estimate of drug-likeness (QED) is 0.576. The van der Waals surface area contributed by atoms with E-state index in [9.17, 15) is 0 Å². The molecule has 0 aromatic rings. The Balaban J connectivity index is 1.78. The van der Waals surface area contributed by atoms with E-state index >= 15 is 0 Å². The van der Waals surface area contributed by atoms with E-state index in [1.54, 1.807) is 7.11 Å². The summed E-state index contributed by atoms with van der Waals surface area (Å²) < 4.78 is 4.94. The maximum absolute atomic E-state index is 4.94. The van der Waals surface area contributed by atoms with Crippen LogP contribution in [-0.4, -0.2) is 39.4 Å². The maximum Gasteiger partial charge on any atom is 0.0587 e. The van der Waals surface area contributed by atoms with E-state index in [1.807, 2.05) is 0 Å². The standard InChI is InChI=1S/C10H22N2O/c1-13-9-8-11-6-7-12-10-4-2-3-5-10/h10-12H,2-9H2,1H3. The fourth-order valence-electron chi connectivity index (χ4n) is 1.79. The lowest BCUT2D eigenvalue weighted by molar-refractivity contribution is 0.199. The van der Waals surface area contributed by atoms with Crippen LogP contribution in [-0.2, 0) is 4.74 Å². The molecule has 1 saturated carbocycles. The largest absolute Gasteiger partial charge is 0.383 e. The molecule has 0 spiro atoms. The number of hydrogen-bond donors (Lipinski definition) is 2. The Hall–Kier alpha value is -0.120. The SMILES string of the molecule is COCCNCCNC1CCCC1. The Morgan fingerprint density at radius 1 is 1.15 bits per heavy atom. The second-order valence-electron chi connectivity index (χ2n) is 3.68. The minimum absolute atomic E-state index is 0.796. The van der Waals surface area contributed by atoms with Gasteiger partial charge in [-0.25, -0.2) is 0 Å². The molecule has 0 radical (unpaired) electrons. The minimum Gasteiger partial charge on any atom is -0.383 e. The molecule has 0 aromatic carbocycles. The summed E-state index contributed by atoms with van der Waals surface area (Å²) in [6.45, 7) is 3.92. The summed E-state index contributed by atoms with van der Waals surface area (Å²) in [6, 6.07) is 0.796. The fraction of sp³-hybridized carbons (Fsp3) is 1.00. The van der Waals surface area contributed by atoms with Crippen LogP contribution in [0.3, 0.4) is 0 Å². The van der Waals surface area contributed by atoms with E-state index < -0.39 is 0 Å². The molecule has 0 amide bonds. The van der Waals surface area contributed by atoms with Crippen molar-refractivity contribution < 1.29 is 4.74 Å². The van der Waals surface area contributed by atoms with Crippen molar-refractivity contribution >= 4 is 0 Å². The van der Waals surface area contributed by atoms with Crippen molar-refractivity contribution in [3.05, 3.63) is 0 Å². The second kappa shape index (κ2) is 7.30. The number of nitrogens with one attached hydrogen (secondary N) is 2. The minimum atomic E-state index is 0.796. The van der Waals surface area contributed by atoms with Gasteiger partial charge < -0.3 is 15.4 Å². The van der Waals surface area contributed by atoms with Crippen molar-refractivity contribution in [1.29, 1.82) is 0 Å². The summed E-state index contributed by atoms with van der Waals surface area (Å²) in [4.78, 5) is 0. The summed E-state index contributed by atoms with van der Waals surface area (Å²) in [5, 5.41) is 6.88. The highest BCUT2D eigenvalue weighted by Gasteiger charge is 2.12. The van der Waals surface area contributed by atoms with E-state index in [1.165, 1.54) is 25.7 Å². The van der Waals surface area contributed by atoms with Crippen molar-refractivity contribution in [3.63, 3.8) is 0 Å². The van der Waals surface area contributed by atoms with Crippen LogP contribution in [0, 0.1) is 0 Å². The Kier molecular flexibility index (Phi) is 6.15. The highest BCUT2D eigenvalue weighted by Crippen LogP contribution is 2.16. The normalized spacial score (nSPS) is 18.2. The average molecular weight is 186 g/mol. The first-order valence-electron chi connectivity index (χ1n) is 5.36. The Labute approximate surface area is 81.2 Å². The maximum atomic E-state index is 4.94. The number of methoxy groups -OCH3 is 1. The number of rotatable bonds is 7. The lowest BCUT2D eigenvalue weighted by atomic mass is 10.2. The molecule has 3 nitrogen and oxygen atoms in total. The third-order valence-electron chi connectivity index (χ3n) is 2.57. The molecule has 78 valence electrons. The van der Waals surface area contributed by atoms with Gasteiger partial charge in [-0.2, -0.15) is 0 Å². The van der Waals surface area contributed by atoms with Gasteiger partial charge in [0.15, 0.2) is 0 Å². The summed E-state index contributed by atoms with van der Waals surface area (Å²) in [5.41, 5.74) is 0. The van der Waals surface area contributed by atoms with Crippen molar-refractivity contribution in [2.45, 2.75) is 31.7 Å². The van der Waals surface area contributed by atoms with Crippen LogP contribution < -0.4 is 10.6 Å². The Bertz CT molecular complexity index is 113. The lowest BCUT2D eigenvalue weighted by Crippen LogP contribution is -2.34. The molecule has 0 atom stereocenters.